The van der Waals surface area contributed by atoms with Crippen LogP contribution in [0.4, 0.5) is 0 Å². The third-order valence-corrected chi connectivity index (χ3v) is 6.69. The van der Waals surface area contributed by atoms with E-state index in [-0.39, 0.29) is 22.3 Å². The third-order valence-electron chi connectivity index (χ3n) is 6.41. The quantitative estimate of drug-likeness (QED) is 0.616. The number of hydrogen-bond acceptors (Lipinski definition) is 6. The van der Waals surface area contributed by atoms with E-state index in [0.29, 0.717) is 48.5 Å². The highest BCUT2D eigenvalue weighted by Crippen LogP contribution is 2.51. The Morgan fingerprint density at radius 2 is 1.64 bits per heavy atom. The maximum atomic E-state index is 13.2. The standard InChI is InChI=1S/C25H28ClNO6/c1-3-27-16-7-5-9-18(28)23(16)22(24-17(27)8-6-10-19(24)29)14-11-15(26)25(33-13-21(30)31)20(12-14)32-4-2/h11-12,22H,3-10,13H2,1-2H3,(H,30,31). The van der Waals surface area contributed by atoms with Gasteiger partial charge in [0.25, 0.3) is 0 Å². The lowest BCUT2D eigenvalue weighted by molar-refractivity contribution is -0.139. The average Bonchev–Trinajstić information content (AvgIpc) is 2.77. The van der Waals surface area contributed by atoms with Crippen LogP contribution in [0.15, 0.2) is 34.7 Å². The number of carbonyl (C=O) groups is 3. The molecule has 1 aromatic carbocycles. The Morgan fingerprint density at radius 1 is 1.03 bits per heavy atom. The van der Waals surface area contributed by atoms with Crippen molar-refractivity contribution in [3.8, 4) is 11.5 Å². The van der Waals surface area contributed by atoms with Crippen LogP contribution in [-0.4, -0.2) is 47.3 Å². The Morgan fingerprint density at radius 3 is 2.15 bits per heavy atom. The molecule has 0 spiro atoms. The second kappa shape index (κ2) is 9.59. The van der Waals surface area contributed by atoms with Crippen LogP contribution in [0.5, 0.6) is 11.5 Å². The Labute approximate surface area is 198 Å². The monoisotopic (exact) mass is 473 g/mol. The number of allylic oxidation sites excluding steroid dienone is 4. The maximum Gasteiger partial charge on any atom is 0.341 e. The highest BCUT2D eigenvalue weighted by molar-refractivity contribution is 6.32. The van der Waals surface area contributed by atoms with Crippen molar-refractivity contribution in [2.24, 2.45) is 0 Å². The third kappa shape index (κ3) is 4.26. The number of halogens is 1. The van der Waals surface area contributed by atoms with Crippen LogP contribution in [0, 0.1) is 0 Å². The van der Waals surface area contributed by atoms with Gasteiger partial charge >= 0.3 is 5.97 Å². The summed E-state index contributed by atoms with van der Waals surface area (Å²) in [6.07, 6.45) is 4.09. The van der Waals surface area contributed by atoms with Crippen molar-refractivity contribution in [1.29, 1.82) is 0 Å². The topological polar surface area (TPSA) is 93.1 Å². The van der Waals surface area contributed by atoms with Gasteiger partial charge in [0.05, 0.1) is 11.6 Å². The maximum absolute atomic E-state index is 13.2. The van der Waals surface area contributed by atoms with E-state index in [1.165, 1.54) is 0 Å². The van der Waals surface area contributed by atoms with Gasteiger partial charge in [0.2, 0.25) is 0 Å². The molecule has 33 heavy (non-hydrogen) atoms. The Bertz CT molecular complexity index is 1030. The minimum atomic E-state index is -1.13. The number of carbonyl (C=O) groups excluding carboxylic acids is 2. The molecule has 1 N–H and O–H groups in total. The summed E-state index contributed by atoms with van der Waals surface area (Å²) in [6.45, 7) is 4.31. The van der Waals surface area contributed by atoms with Crippen LogP contribution in [0.3, 0.4) is 0 Å². The number of ether oxygens (including phenoxy) is 2. The number of hydrogen-bond donors (Lipinski definition) is 1. The summed E-state index contributed by atoms with van der Waals surface area (Å²) in [5, 5.41) is 9.20. The number of benzene rings is 1. The van der Waals surface area contributed by atoms with Gasteiger partial charge in [-0.1, -0.05) is 11.6 Å². The van der Waals surface area contributed by atoms with Crippen molar-refractivity contribution in [3.05, 3.63) is 45.3 Å². The second-order valence-electron chi connectivity index (χ2n) is 8.40. The summed E-state index contributed by atoms with van der Waals surface area (Å²) < 4.78 is 11.1. The molecule has 0 fully saturated rings. The molecule has 0 unspecified atom stereocenters. The van der Waals surface area contributed by atoms with Gasteiger partial charge in [0.1, 0.15) is 0 Å². The van der Waals surface area contributed by atoms with Crippen LogP contribution in [0.1, 0.15) is 63.9 Å². The van der Waals surface area contributed by atoms with Crippen molar-refractivity contribution in [2.45, 2.75) is 58.3 Å². The molecule has 0 aromatic heterocycles. The first kappa shape index (κ1) is 23.4. The Balaban J connectivity index is 1.91. The fourth-order valence-electron chi connectivity index (χ4n) is 5.22. The molecule has 0 bridgehead atoms. The highest BCUT2D eigenvalue weighted by atomic mass is 35.5. The second-order valence-corrected chi connectivity index (χ2v) is 8.80. The number of nitrogens with zero attached hydrogens (tertiary/aromatic N) is 1. The summed E-state index contributed by atoms with van der Waals surface area (Å²) in [7, 11) is 0. The first-order valence-corrected chi connectivity index (χ1v) is 11.9. The number of carboxylic acids is 1. The van der Waals surface area contributed by atoms with Gasteiger partial charge in [-0.2, -0.15) is 0 Å². The van der Waals surface area contributed by atoms with E-state index in [2.05, 4.69) is 4.90 Å². The van der Waals surface area contributed by atoms with Crippen LogP contribution in [0.25, 0.3) is 0 Å². The molecule has 4 rings (SSSR count). The predicted molar refractivity (Wildman–Crippen MR) is 123 cm³/mol. The fourth-order valence-corrected chi connectivity index (χ4v) is 5.50. The number of aliphatic carboxylic acids is 1. The number of rotatable bonds is 7. The molecule has 0 atom stereocenters. The lowest BCUT2D eigenvalue weighted by atomic mass is 9.71. The van der Waals surface area contributed by atoms with Crippen molar-refractivity contribution in [3.63, 3.8) is 0 Å². The largest absolute Gasteiger partial charge is 0.490 e. The number of ketones is 2. The molecule has 1 aliphatic heterocycles. The molecule has 176 valence electrons. The first-order valence-electron chi connectivity index (χ1n) is 11.5. The van der Waals surface area contributed by atoms with Crippen LogP contribution in [-0.2, 0) is 14.4 Å². The minimum Gasteiger partial charge on any atom is -0.490 e. The van der Waals surface area contributed by atoms with E-state index in [4.69, 9.17) is 26.2 Å². The fraction of sp³-hybridized carbons (Fsp3) is 0.480. The van der Waals surface area contributed by atoms with Crippen LogP contribution in [0.2, 0.25) is 5.02 Å². The normalized spacial score (nSPS) is 18.9. The summed E-state index contributed by atoms with van der Waals surface area (Å²) in [5.41, 5.74) is 4.05. The molecule has 1 heterocycles. The molecule has 2 aliphatic carbocycles. The molecular weight excluding hydrogens is 446 g/mol. The minimum absolute atomic E-state index is 0.0601. The van der Waals surface area contributed by atoms with E-state index in [1.54, 1.807) is 19.1 Å². The summed E-state index contributed by atoms with van der Waals surface area (Å²) in [5.74, 6) is -1.08. The number of Topliss-reactive ketones (excluding diaryl/α,β-unsaturated/α-hetero) is 2. The van der Waals surface area contributed by atoms with Crippen molar-refractivity contribution in [2.75, 3.05) is 19.8 Å². The van der Waals surface area contributed by atoms with E-state index < -0.39 is 18.5 Å². The van der Waals surface area contributed by atoms with Gasteiger partial charge in [0.15, 0.2) is 29.7 Å². The van der Waals surface area contributed by atoms with Gasteiger partial charge in [-0.15, -0.1) is 0 Å². The lowest BCUT2D eigenvalue weighted by Gasteiger charge is -2.43. The van der Waals surface area contributed by atoms with E-state index in [9.17, 15) is 14.4 Å². The first-order chi connectivity index (χ1) is 15.9. The zero-order valence-corrected chi connectivity index (χ0v) is 19.7. The summed E-state index contributed by atoms with van der Waals surface area (Å²) >= 11 is 6.54. The molecule has 0 saturated heterocycles. The SMILES string of the molecule is CCOc1cc(C2C3=C(CCCC3=O)N(CC)C3=C2C(=O)CCC3)cc(Cl)c1OCC(=O)O. The molecule has 0 radical (unpaired) electrons. The van der Waals surface area contributed by atoms with Gasteiger partial charge in [-0.3, -0.25) is 9.59 Å². The Hall–Kier alpha value is -2.80. The molecule has 0 amide bonds. The zero-order valence-electron chi connectivity index (χ0n) is 18.9. The van der Waals surface area contributed by atoms with Gasteiger partial charge in [0, 0.05) is 47.8 Å². The van der Waals surface area contributed by atoms with Gasteiger partial charge in [-0.25, -0.2) is 4.79 Å². The molecule has 1 aromatic rings. The predicted octanol–water partition coefficient (Wildman–Crippen LogP) is 4.64. The van der Waals surface area contributed by atoms with E-state index in [1.807, 2.05) is 6.92 Å². The van der Waals surface area contributed by atoms with Crippen molar-refractivity contribution >= 4 is 29.1 Å². The van der Waals surface area contributed by atoms with Crippen LogP contribution >= 0.6 is 11.6 Å². The van der Waals surface area contributed by atoms with E-state index >= 15 is 0 Å². The molecule has 8 heteroatoms. The lowest BCUT2D eigenvalue weighted by Crippen LogP contribution is -2.39. The van der Waals surface area contributed by atoms with Crippen LogP contribution < -0.4 is 9.47 Å². The summed E-state index contributed by atoms with van der Waals surface area (Å²) in [4.78, 5) is 39.6. The average molecular weight is 474 g/mol. The smallest absolute Gasteiger partial charge is 0.341 e. The molecule has 3 aliphatic rings. The molecular formula is C25H28ClNO6. The van der Waals surface area contributed by atoms with E-state index in [0.717, 1.165) is 37.1 Å². The zero-order chi connectivity index (χ0) is 23.7. The number of carboxylic acid groups (broad SMARTS) is 1. The van der Waals surface area contributed by atoms with Crippen molar-refractivity contribution in [1.82, 2.24) is 4.90 Å². The summed E-state index contributed by atoms with van der Waals surface area (Å²) in [6, 6.07) is 3.41. The molecule has 7 nitrogen and oxygen atoms in total. The highest BCUT2D eigenvalue weighted by Gasteiger charge is 2.43. The van der Waals surface area contributed by atoms with Gasteiger partial charge in [-0.05, 0) is 57.2 Å². The molecule has 0 saturated carbocycles. The Kier molecular flexibility index (Phi) is 6.79. The van der Waals surface area contributed by atoms with Crippen molar-refractivity contribution < 1.29 is 29.0 Å². The van der Waals surface area contributed by atoms with Gasteiger partial charge < -0.3 is 19.5 Å².